The van der Waals surface area contributed by atoms with E-state index in [9.17, 15) is 5.11 Å². The third kappa shape index (κ3) is 4.88. The molecule has 1 aliphatic heterocycles. The standard InChI is InChI=1S/C15H26N2OS/c1-12-5-8-19-15(12)10-16-9-14-3-6-17(7-4-14)11-13(2)18/h5,8,13-14,16,18H,3-4,6-7,9-11H2,1-2H3/t13-/m1/s1. The number of piperidine rings is 1. The van der Waals surface area contributed by atoms with Gasteiger partial charge in [0.1, 0.15) is 0 Å². The zero-order valence-corrected chi connectivity index (χ0v) is 12.9. The zero-order chi connectivity index (χ0) is 13.7. The summed E-state index contributed by atoms with van der Waals surface area (Å²) in [6.07, 6.45) is 2.31. The molecule has 0 aliphatic carbocycles. The Balaban J connectivity index is 1.62. The third-order valence-electron chi connectivity index (χ3n) is 3.92. The van der Waals surface area contributed by atoms with Gasteiger partial charge in [-0.05, 0) is 69.3 Å². The molecule has 108 valence electrons. The molecule has 0 unspecified atom stereocenters. The lowest BCUT2D eigenvalue weighted by molar-refractivity contribution is 0.0998. The number of hydrogen-bond acceptors (Lipinski definition) is 4. The van der Waals surface area contributed by atoms with Crippen molar-refractivity contribution in [3.63, 3.8) is 0 Å². The fraction of sp³-hybridized carbons (Fsp3) is 0.733. The smallest absolute Gasteiger partial charge is 0.0639 e. The van der Waals surface area contributed by atoms with Crippen LogP contribution in [0.1, 0.15) is 30.2 Å². The van der Waals surface area contributed by atoms with Crippen LogP contribution in [0.25, 0.3) is 0 Å². The fourth-order valence-electron chi connectivity index (χ4n) is 2.72. The van der Waals surface area contributed by atoms with Gasteiger partial charge in [-0.15, -0.1) is 11.3 Å². The molecule has 1 aliphatic rings. The first-order valence-corrected chi connectivity index (χ1v) is 8.17. The van der Waals surface area contributed by atoms with Crippen LogP contribution in [0.15, 0.2) is 11.4 Å². The summed E-state index contributed by atoms with van der Waals surface area (Å²) in [6, 6.07) is 2.19. The minimum absolute atomic E-state index is 0.198. The first-order chi connectivity index (χ1) is 9.15. The van der Waals surface area contributed by atoms with Crippen LogP contribution >= 0.6 is 11.3 Å². The van der Waals surface area contributed by atoms with Crippen molar-refractivity contribution in [2.75, 3.05) is 26.2 Å². The second kappa shape index (κ2) is 7.39. The van der Waals surface area contributed by atoms with Crippen LogP contribution in [0, 0.1) is 12.8 Å². The van der Waals surface area contributed by atoms with E-state index in [0.717, 1.165) is 38.6 Å². The van der Waals surface area contributed by atoms with Crippen LogP contribution in [0.4, 0.5) is 0 Å². The van der Waals surface area contributed by atoms with Crippen LogP contribution in [0.2, 0.25) is 0 Å². The van der Waals surface area contributed by atoms with E-state index < -0.39 is 0 Å². The van der Waals surface area contributed by atoms with Gasteiger partial charge in [-0.1, -0.05) is 0 Å². The lowest BCUT2D eigenvalue weighted by Gasteiger charge is -2.32. The van der Waals surface area contributed by atoms with Crippen molar-refractivity contribution in [1.29, 1.82) is 0 Å². The summed E-state index contributed by atoms with van der Waals surface area (Å²) in [6.45, 7) is 9.29. The van der Waals surface area contributed by atoms with Gasteiger partial charge in [0.2, 0.25) is 0 Å². The second-order valence-electron chi connectivity index (χ2n) is 5.75. The van der Waals surface area contributed by atoms with Crippen molar-refractivity contribution in [3.05, 3.63) is 21.9 Å². The summed E-state index contributed by atoms with van der Waals surface area (Å²) in [5.74, 6) is 0.797. The molecule has 2 rings (SSSR count). The molecule has 0 bridgehead atoms. The maximum atomic E-state index is 9.39. The van der Waals surface area contributed by atoms with E-state index in [0.29, 0.717) is 0 Å². The lowest BCUT2D eigenvalue weighted by atomic mass is 9.96. The van der Waals surface area contributed by atoms with E-state index >= 15 is 0 Å². The number of nitrogens with one attached hydrogen (secondary N) is 1. The number of aliphatic hydroxyl groups is 1. The van der Waals surface area contributed by atoms with Gasteiger partial charge in [-0.25, -0.2) is 0 Å². The Hall–Kier alpha value is -0.420. The summed E-state index contributed by atoms with van der Waals surface area (Å²) in [5, 5.41) is 15.2. The molecule has 1 atom stereocenters. The molecule has 0 saturated carbocycles. The third-order valence-corrected chi connectivity index (χ3v) is 4.94. The van der Waals surface area contributed by atoms with Crippen molar-refractivity contribution in [1.82, 2.24) is 10.2 Å². The predicted molar refractivity (Wildman–Crippen MR) is 81.6 cm³/mol. The Bertz CT molecular complexity index is 370. The van der Waals surface area contributed by atoms with Gasteiger partial charge in [0, 0.05) is 18.0 Å². The first-order valence-electron chi connectivity index (χ1n) is 7.29. The van der Waals surface area contributed by atoms with Crippen LogP contribution in [-0.4, -0.2) is 42.3 Å². The quantitative estimate of drug-likeness (QED) is 0.840. The zero-order valence-electron chi connectivity index (χ0n) is 12.1. The number of thiophene rings is 1. The number of β-amino-alcohol motifs (C(OH)–C–C–N with tert-alkyl or cyclic N) is 1. The van der Waals surface area contributed by atoms with Gasteiger partial charge in [0.05, 0.1) is 6.10 Å². The average molecular weight is 282 g/mol. The number of nitrogens with zero attached hydrogens (tertiary/aromatic N) is 1. The molecule has 2 N–H and O–H groups in total. The molecule has 0 radical (unpaired) electrons. The monoisotopic (exact) mass is 282 g/mol. The number of rotatable bonds is 6. The van der Waals surface area contributed by atoms with Gasteiger partial charge in [0.25, 0.3) is 0 Å². The maximum absolute atomic E-state index is 9.39. The summed E-state index contributed by atoms with van der Waals surface area (Å²) in [5.41, 5.74) is 1.41. The number of likely N-dealkylation sites (tertiary alicyclic amines) is 1. The van der Waals surface area contributed by atoms with E-state index in [-0.39, 0.29) is 6.10 Å². The molecule has 19 heavy (non-hydrogen) atoms. The molecular weight excluding hydrogens is 256 g/mol. The molecule has 4 heteroatoms. The Morgan fingerprint density at radius 2 is 2.21 bits per heavy atom. The molecule has 1 fully saturated rings. The minimum atomic E-state index is -0.198. The van der Waals surface area contributed by atoms with Crippen molar-refractivity contribution in [2.45, 2.75) is 39.3 Å². The molecular formula is C15H26N2OS. The van der Waals surface area contributed by atoms with Crippen LogP contribution < -0.4 is 5.32 Å². The minimum Gasteiger partial charge on any atom is -0.392 e. The second-order valence-corrected chi connectivity index (χ2v) is 6.75. The number of aryl methyl sites for hydroxylation is 1. The molecule has 1 aromatic heterocycles. The van der Waals surface area contributed by atoms with Crippen molar-refractivity contribution in [2.24, 2.45) is 5.92 Å². The Labute approximate surface area is 120 Å². The van der Waals surface area contributed by atoms with Gasteiger partial charge in [0.15, 0.2) is 0 Å². The summed E-state index contributed by atoms with van der Waals surface area (Å²) < 4.78 is 0. The fourth-order valence-corrected chi connectivity index (χ4v) is 3.60. The number of aliphatic hydroxyl groups excluding tert-OH is 1. The molecule has 1 aromatic rings. The van der Waals surface area contributed by atoms with Crippen LogP contribution in [-0.2, 0) is 6.54 Å². The van der Waals surface area contributed by atoms with E-state index in [1.54, 1.807) is 0 Å². The van der Waals surface area contributed by atoms with Crippen molar-refractivity contribution in [3.8, 4) is 0 Å². The van der Waals surface area contributed by atoms with Crippen LogP contribution in [0.5, 0.6) is 0 Å². The van der Waals surface area contributed by atoms with Gasteiger partial charge in [-0.2, -0.15) is 0 Å². The normalized spacial score (nSPS) is 19.7. The molecule has 2 heterocycles. The van der Waals surface area contributed by atoms with Gasteiger partial charge in [-0.3, -0.25) is 0 Å². The highest BCUT2D eigenvalue weighted by molar-refractivity contribution is 7.10. The number of hydrogen-bond donors (Lipinski definition) is 2. The van der Waals surface area contributed by atoms with Gasteiger partial charge < -0.3 is 15.3 Å². The first kappa shape index (κ1) is 15.0. The van der Waals surface area contributed by atoms with E-state index in [1.807, 2.05) is 18.3 Å². The van der Waals surface area contributed by atoms with E-state index in [2.05, 4.69) is 28.6 Å². The lowest BCUT2D eigenvalue weighted by Crippen LogP contribution is -2.40. The van der Waals surface area contributed by atoms with Crippen molar-refractivity contribution < 1.29 is 5.11 Å². The van der Waals surface area contributed by atoms with Gasteiger partial charge >= 0.3 is 0 Å². The van der Waals surface area contributed by atoms with E-state index in [4.69, 9.17) is 0 Å². The highest BCUT2D eigenvalue weighted by Crippen LogP contribution is 2.18. The predicted octanol–water partition coefficient (Wildman–Crippen LogP) is 2.24. The van der Waals surface area contributed by atoms with E-state index in [1.165, 1.54) is 23.3 Å². The average Bonchev–Trinajstić information content (AvgIpc) is 2.77. The summed E-state index contributed by atoms with van der Waals surface area (Å²) in [4.78, 5) is 3.84. The highest BCUT2D eigenvalue weighted by atomic mass is 32.1. The van der Waals surface area contributed by atoms with Crippen molar-refractivity contribution >= 4 is 11.3 Å². The maximum Gasteiger partial charge on any atom is 0.0639 e. The SMILES string of the molecule is Cc1ccsc1CNCC1CCN(C[C@@H](C)O)CC1. The Morgan fingerprint density at radius 1 is 1.47 bits per heavy atom. The molecule has 3 nitrogen and oxygen atoms in total. The molecule has 0 spiro atoms. The largest absolute Gasteiger partial charge is 0.392 e. The summed E-state index contributed by atoms with van der Waals surface area (Å²) >= 11 is 1.84. The molecule has 0 amide bonds. The van der Waals surface area contributed by atoms with Crippen LogP contribution in [0.3, 0.4) is 0 Å². The topological polar surface area (TPSA) is 35.5 Å². The molecule has 0 aromatic carbocycles. The Morgan fingerprint density at radius 3 is 2.79 bits per heavy atom. The Kier molecular flexibility index (Phi) is 5.82. The highest BCUT2D eigenvalue weighted by Gasteiger charge is 2.19. The molecule has 1 saturated heterocycles. The summed E-state index contributed by atoms with van der Waals surface area (Å²) in [7, 11) is 0.